The first kappa shape index (κ1) is 17.2. The molecule has 1 aromatic carbocycles. The van der Waals surface area contributed by atoms with E-state index in [-0.39, 0.29) is 0 Å². The van der Waals surface area contributed by atoms with Crippen molar-refractivity contribution in [1.82, 2.24) is 4.90 Å². The molecule has 2 atom stereocenters. The van der Waals surface area contributed by atoms with Crippen molar-refractivity contribution in [2.45, 2.75) is 45.3 Å². The molecule has 2 aliphatic heterocycles. The molecule has 2 fully saturated rings. The molecular formula is C19H28N2O3. The number of hydrogen-bond donors (Lipinski definition) is 2. The highest BCUT2D eigenvalue weighted by Crippen LogP contribution is 2.27. The molecule has 2 saturated heterocycles. The normalized spacial score (nSPS) is 26.5. The number of hydrogen-bond acceptors (Lipinski definition) is 4. The quantitative estimate of drug-likeness (QED) is 0.887. The van der Waals surface area contributed by atoms with E-state index in [4.69, 9.17) is 0 Å². The monoisotopic (exact) mass is 332 g/mol. The summed E-state index contributed by atoms with van der Waals surface area (Å²) in [4.78, 5) is 16.0. The Bertz CT molecular complexity index is 576. The Morgan fingerprint density at radius 1 is 1.04 bits per heavy atom. The molecule has 0 bridgehead atoms. The number of carboxylic acid groups (broad SMARTS) is 1. The van der Waals surface area contributed by atoms with Gasteiger partial charge in [0.1, 0.15) is 0 Å². The lowest BCUT2D eigenvalue weighted by Gasteiger charge is -2.43. The van der Waals surface area contributed by atoms with Crippen LogP contribution >= 0.6 is 0 Å². The Labute approximate surface area is 143 Å². The number of aryl methyl sites for hydroxylation is 2. The fraction of sp³-hybridized carbons (Fsp3) is 0.632. The first-order valence-electron chi connectivity index (χ1n) is 8.92. The fourth-order valence-corrected chi connectivity index (χ4v) is 4.16. The zero-order valence-electron chi connectivity index (χ0n) is 14.6. The molecular weight excluding hydrogens is 304 g/mol. The van der Waals surface area contributed by atoms with Crippen LogP contribution in [0.15, 0.2) is 18.2 Å². The standard InChI is InChI=1S/C19H28N2O3/c1-13-9-14(2)11-16(10-13)20-6-3-15(4-7-20)21-8-5-18(22)17(12-21)19(23)24/h9-11,15,17-18,22H,3-8,12H2,1-2H3,(H,23,24)/t17-,18-/m0/s1. The highest BCUT2D eigenvalue weighted by atomic mass is 16.4. The van der Waals surface area contributed by atoms with E-state index in [0.29, 0.717) is 19.0 Å². The molecule has 3 rings (SSSR count). The summed E-state index contributed by atoms with van der Waals surface area (Å²) in [6.45, 7) is 7.56. The second-order valence-corrected chi connectivity index (χ2v) is 7.36. The van der Waals surface area contributed by atoms with Gasteiger partial charge >= 0.3 is 5.97 Å². The molecule has 0 aromatic heterocycles. The molecule has 2 N–H and O–H groups in total. The Balaban J connectivity index is 1.60. The number of aliphatic carboxylic acids is 1. The summed E-state index contributed by atoms with van der Waals surface area (Å²) in [5.41, 5.74) is 3.88. The number of benzene rings is 1. The van der Waals surface area contributed by atoms with Gasteiger partial charge in [0.05, 0.1) is 12.0 Å². The highest BCUT2D eigenvalue weighted by Gasteiger charge is 2.36. The van der Waals surface area contributed by atoms with Crippen LogP contribution in [0, 0.1) is 19.8 Å². The summed E-state index contributed by atoms with van der Waals surface area (Å²) in [6.07, 6.45) is 1.97. The molecule has 0 saturated carbocycles. The number of carbonyl (C=O) groups is 1. The predicted octanol–water partition coefficient (Wildman–Crippen LogP) is 2.04. The number of rotatable bonds is 3. The van der Waals surface area contributed by atoms with Crippen LogP contribution in [-0.4, -0.2) is 59.4 Å². The van der Waals surface area contributed by atoms with E-state index in [1.165, 1.54) is 16.8 Å². The van der Waals surface area contributed by atoms with Crippen molar-refractivity contribution < 1.29 is 15.0 Å². The molecule has 0 aliphatic carbocycles. The summed E-state index contributed by atoms with van der Waals surface area (Å²) < 4.78 is 0. The number of piperidine rings is 2. The van der Waals surface area contributed by atoms with Gasteiger partial charge in [-0.3, -0.25) is 9.69 Å². The number of likely N-dealkylation sites (tertiary alicyclic amines) is 1. The van der Waals surface area contributed by atoms with Crippen LogP contribution in [-0.2, 0) is 4.79 Å². The third-order valence-electron chi connectivity index (χ3n) is 5.48. The van der Waals surface area contributed by atoms with Crippen molar-refractivity contribution in [3.05, 3.63) is 29.3 Å². The van der Waals surface area contributed by atoms with Crippen molar-refractivity contribution in [3.8, 4) is 0 Å². The average Bonchev–Trinajstić information content (AvgIpc) is 2.54. The molecule has 0 unspecified atom stereocenters. The average molecular weight is 332 g/mol. The van der Waals surface area contributed by atoms with Crippen LogP contribution in [0.5, 0.6) is 0 Å². The van der Waals surface area contributed by atoms with Crippen molar-refractivity contribution in [2.75, 3.05) is 31.1 Å². The molecule has 24 heavy (non-hydrogen) atoms. The lowest BCUT2D eigenvalue weighted by molar-refractivity contribution is -0.149. The smallest absolute Gasteiger partial charge is 0.310 e. The van der Waals surface area contributed by atoms with Crippen molar-refractivity contribution in [1.29, 1.82) is 0 Å². The zero-order chi connectivity index (χ0) is 17.3. The van der Waals surface area contributed by atoms with E-state index in [1.54, 1.807) is 0 Å². The molecule has 5 nitrogen and oxygen atoms in total. The van der Waals surface area contributed by atoms with E-state index < -0.39 is 18.0 Å². The molecule has 0 radical (unpaired) electrons. The molecule has 2 heterocycles. The third kappa shape index (κ3) is 3.73. The maximum Gasteiger partial charge on any atom is 0.310 e. The van der Waals surface area contributed by atoms with Crippen molar-refractivity contribution >= 4 is 11.7 Å². The van der Waals surface area contributed by atoms with Crippen LogP contribution < -0.4 is 4.90 Å². The minimum absolute atomic E-state index is 0.432. The van der Waals surface area contributed by atoms with Gasteiger partial charge in [0.25, 0.3) is 0 Å². The van der Waals surface area contributed by atoms with Crippen LogP contribution in [0.25, 0.3) is 0 Å². The number of anilines is 1. The van der Waals surface area contributed by atoms with Crippen LogP contribution in [0.4, 0.5) is 5.69 Å². The molecule has 1 aromatic rings. The number of carboxylic acids is 1. The summed E-state index contributed by atoms with van der Waals surface area (Å²) in [7, 11) is 0. The zero-order valence-corrected chi connectivity index (χ0v) is 14.6. The Kier molecular flexibility index (Phi) is 5.11. The van der Waals surface area contributed by atoms with E-state index >= 15 is 0 Å². The lowest BCUT2D eigenvalue weighted by atomic mass is 9.91. The van der Waals surface area contributed by atoms with Gasteiger partial charge < -0.3 is 15.1 Å². The van der Waals surface area contributed by atoms with E-state index in [2.05, 4.69) is 41.8 Å². The third-order valence-corrected chi connectivity index (χ3v) is 5.48. The van der Waals surface area contributed by atoms with Gasteiger partial charge in [0.15, 0.2) is 0 Å². The van der Waals surface area contributed by atoms with Gasteiger partial charge in [-0.25, -0.2) is 0 Å². The Morgan fingerprint density at radius 2 is 1.67 bits per heavy atom. The van der Waals surface area contributed by atoms with Gasteiger partial charge in [-0.05, 0) is 56.4 Å². The van der Waals surface area contributed by atoms with E-state index in [0.717, 1.165) is 32.5 Å². The fourth-order valence-electron chi connectivity index (χ4n) is 4.16. The summed E-state index contributed by atoms with van der Waals surface area (Å²) in [5, 5.41) is 19.2. The highest BCUT2D eigenvalue weighted by molar-refractivity contribution is 5.71. The van der Waals surface area contributed by atoms with Crippen molar-refractivity contribution in [3.63, 3.8) is 0 Å². The van der Waals surface area contributed by atoms with Crippen molar-refractivity contribution in [2.24, 2.45) is 5.92 Å². The summed E-state index contributed by atoms with van der Waals surface area (Å²) in [6, 6.07) is 7.11. The second kappa shape index (κ2) is 7.11. The minimum atomic E-state index is -0.875. The van der Waals surface area contributed by atoms with Gasteiger partial charge in [-0.1, -0.05) is 6.07 Å². The van der Waals surface area contributed by atoms with Crippen LogP contribution in [0.1, 0.15) is 30.4 Å². The van der Waals surface area contributed by atoms with E-state index in [1.807, 2.05) is 0 Å². The largest absolute Gasteiger partial charge is 0.481 e. The van der Waals surface area contributed by atoms with Crippen LogP contribution in [0.3, 0.4) is 0 Å². The molecule has 2 aliphatic rings. The Morgan fingerprint density at radius 3 is 2.25 bits per heavy atom. The first-order chi connectivity index (χ1) is 11.4. The molecule has 132 valence electrons. The number of aliphatic hydroxyl groups is 1. The minimum Gasteiger partial charge on any atom is -0.481 e. The predicted molar refractivity (Wildman–Crippen MR) is 94.5 cm³/mol. The topological polar surface area (TPSA) is 64.0 Å². The van der Waals surface area contributed by atoms with Crippen LogP contribution in [0.2, 0.25) is 0 Å². The molecule has 5 heteroatoms. The van der Waals surface area contributed by atoms with Gasteiger partial charge in [-0.15, -0.1) is 0 Å². The second-order valence-electron chi connectivity index (χ2n) is 7.36. The number of aliphatic hydroxyl groups excluding tert-OH is 1. The van der Waals surface area contributed by atoms with Gasteiger partial charge in [0.2, 0.25) is 0 Å². The lowest BCUT2D eigenvalue weighted by Crippen LogP contribution is -2.53. The molecule has 0 spiro atoms. The van der Waals surface area contributed by atoms with Gasteiger partial charge in [-0.2, -0.15) is 0 Å². The Hall–Kier alpha value is -1.59. The van der Waals surface area contributed by atoms with Gasteiger partial charge in [0, 0.05) is 37.9 Å². The summed E-state index contributed by atoms with van der Waals surface area (Å²) in [5.74, 6) is -1.52. The summed E-state index contributed by atoms with van der Waals surface area (Å²) >= 11 is 0. The number of nitrogens with zero attached hydrogens (tertiary/aromatic N) is 2. The SMILES string of the molecule is Cc1cc(C)cc(N2CCC(N3CC[C@H](O)[C@@H](C(=O)O)C3)CC2)c1. The molecule has 0 amide bonds. The van der Waals surface area contributed by atoms with E-state index in [9.17, 15) is 15.0 Å². The first-order valence-corrected chi connectivity index (χ1v) is 8.92. The maximum absolute atomic E-state index is 11.3. The maximum atomic E-state index is 11.3.